The number of urea groups is 1. The van der Waals surface area contributed by atoms with Crippen molar-refractivity contribution in [2.45, 2.75) is 32.7 Å². The zero-order chi connectivity index (χ0) is 15.9. The van der Waals surface area contributed by atoms with Crippen LogP contribution in [0.5, 0.6) is 0 Å². The van der Waals surface area contributed by atoms with Gasteiger partial charge in [-0.1, -0.05) is 0 Å². The predicted molar refractivity (Wildman–Crippen MR) is 88.0 cm³/mol. The minimum atomic E-state index is -0.240. The van der Waals surface area contributed by atoms with E-state index in [9.17, 15) is 9.59 Å². The van der Waals surface area contributed by atoms with E-state index < -0.39 is 0 Å². The van der Waals surface area contributed by atoms with E-state index >= 15 is 0 Å². The molecule has 22 heavy (non-hydrogen) atoms. The summed E-state index contributed by atoms with van der Waals surface area (Å²) >= 11 is 0. The zero-order valence-corrected chi connectivity index (χ0v) is 13.1. The molecule has 4 N–H and O–H groups in total. The molecule has 1 aromatic rings. The van der Waals surface area contributed by atoms with Crippen molar-refractivity contribution in [1.29, 1.82) is 0 Å². The van der Waals surface area contributed by atoms with Gasteiger partial charge in [0.1, 0.15) is 0 Å². The van der Waals surface area contributed by atoms with Gasteiger partial charge >= 0.3 is 6.03 Å². The Morgan fingerprint density at radius 1 is 1.09 bits per heavy atom. The van der Waals surface area contributed by atoms with Crippen LogP contribution in [0.3, 0.4) is 0 Å². The Balaban J connectivity index is 1.73. The Kier molecular flexibility index (Phi) is 5.77. The summed E-state index contributed by atoms with van der Waals surface area (Å²) in [6, 6.07) is 6.89. The van der Waals surface area contributed by atoms with E-state index in [1.165, 1.54) is 12.8 Å². The van der Waals surface area contributed by atoms with Gasteiger partial charge in [0.25, 0.3) is 0 Å². The number of nitrogens with one attached hydrogen (secondary N) is 4. The maximum absolute atomic E-state index is 11.7. The number of carbonyl (C=O) groups excluding carboxylic acids is 2. The first-order valence-electron chi connectivity index (χ1n) is 7.71. The Hall–Kier alpha value is -2.08. The molecule has 1 aliphatic rings. The normalized spacial score (nSPS) is 13.8. The van der Waals surface area contributed by atoms with Crippen molar-refractivity contribution in [3.63, 3.8) is 0 Å². The lowest BCUT2D eigenvalue weighted by Gasteiger charge is -2.11. The van der Waals surface area contributed by atoms with Crippen LogP contribution in [0.1, 0.15) is 26.7 Å². The highest BCUT2D eigenvalue weighted by atomic mass is 16.2. The van der Waals surface area contributed by atoms with Gasteiger partial charge in [0.2, 0.25) is 5.91 Å². The van der Waals surface area contributed by atoms with Crippen LogP contribution in [0.25, 0.3) is 0 Å². The SMILES string of the molecule is CC(C)NC(=O)Nc1ccc(NC(=O)CNCC2CC2)cc1. The molecule has 3 amide bonds. The van der Waals surface area contributed by atoms with Gasteiger partial charge in [0, 0.05) is 17.4 Å². The van der Waals surface area contributed by atoms with Gasteiger partial charge in [-0.25, -0.2) is 4.79 Å². The molecule has 1 aliphatic carbocycles. The van der Waals surface area contributed by atoms with Crippen molar-refractivity contribution in [3.8, 4) is 0 Å². The Morgan fingerprint density at radius 2 is 1.68 bits per heavy atom. The average molecular weight is 304 g/mol. The second-order valence-corrected chi connectivity index (χ2v) is 5.95. The molecular formula is C16H24N4O2. The second-order valence-electron chi connectivity index (χ2n) is 5.95. The van der Waals surface area contributed by atoms with E-state index in [1.807, 2.05) is 13.8 Å². The van der Waals surface area contributed by atoms with Crippen LogP contribution < -0.4 is 21.3 Å². The van der Waals surface area contributed by atoms with Crippen LogP contribution in [-0.2, 0) is 4.79 Å². The van der Waals surface area contributed by atoms with Gasteiger partial charge in [0.15, 0.2) is 0 Å². The summed E-state index contributed by atoms with van der Waals surface area (Å²) in [6.07, 6.45) is 2.54. The van der Waals surface area contributed by atoms with E-state index in [1.54, 1.807) is 24.3 Å². The molecule has 0 unspecified atom stereocenters. The summed E-state index contributed by atoms with van der Waals surface area (Å²) in [6.45, 7) is 5.04. The summed E-state index contributed by atoms with van der Waals surface area (Å²) in [5, 5.41) is 11.4. The summed E-state index contributed by atoms with van der Waals surface area (Å²) in [5.41, 5.74) is 1.40. The van der Waals surface area contributed by atoms with Crippen molar-refractivity contribution in [2.75, 3.05) is 23.7 Å². The molecule has 0 aliphatic heterocycles. The highest BCUT2D eigenvalue weighted by molar-refractivity contribution is 5.93. The fourth-order valence-corrected chi connectivity index (χ4v) is 1.98. The van der Waals surface area contributed by atoms with Gasteiger partial charge in [-0.15, -0.1) is 0 Å². The van der Waals surface area contributed by atoms with E-state index in [-0.39, 0.29) is 18.0 Å². The first kappa shape index (κ1) is 16.3. The minimum absolute atomic E-state index is 0.0566. The number of benzene rings is 1. The largest absolute Gasteiger partial charge is 0.336 e. The monoisotopic (exact) mass is 304 g/mol. The molecule has 6 heteroatoms. The third-order valence-electron chi connectivity index (χ3n) is 3.26. The zero-order valence-electron chi connectivity index (χ0n) is 13.1. The maximum Gasteiger partial charge on any atom is 0.319 e. The quantitative estimate of drug-likeness (QED) is 0.623. The van der Waals surface area contributed by atoms with E-state index in [0.29, 0.717) is 17.9 Å². The van der Waals surface area contributed by atoms with Gasteiger partial charge in [0.05, 0.1) is 6.54 Å². The van der Waals surface area contributed by atoms with Gasteiger partial charge in [-0.3, -0.25) is 4.79 Å². The molecule has 120 valence electrons. The van der Waals surface area contributed by atoms with Gasteiger partial charge in [-0.05, 0) is 63.4 Å². The molecule has 1 aromatic carbocycles. The maximum atomic E-state index is 11.7. The van der Waals surface area contributed by atoms with E-state index in [4.69, 9.17) is 0 Å². The molecule has 0 heterocycles. The highest BCUT2D eigenvalue weighted by Crippen LogP contribution is 2.27. The Labute approximate surface area is 131 Å². The molecule has 0 atom stereocenters. The van der Waals surface area contributed by atoms with E-state index in [0.717, 1.165) is 12.5 Å². The molecule has 0 bridgehead atoms. The smallest absolute Gasteiger partial charge is 0.319 e. The lowest BCUT2D eigenvalue weighted by molar-refractivity contribution is -0.115. The third kappa shape index (κ3) is 6.13. The van der Waals surface area contributed by atoms with Crippen LogP contribution in [0.2, 0.25) is 0 Å². The first-order chi connectivity index (χ1) is 10.5. The molecule has 0 aromatic heterocycles. The lowest BCUT2D eigenvalue weighted by Crippen LogP contribution is -2.34. The number of hydrogen-bond donors (Lipinski definition) is 4. The molecule has 2 rings (SSSR count). The van der Waals surface area contributed by atoms with Gasteiger partial charge < -0.3 is 21.3 Å². The van der Waals surface area contributed by atoms with E-state index in [2.05, 4.69) is 21.3 Å². The average Bonchev–Trinajstić information content (AvgIpc) is 3.24. The summed E-state index contributed by atoms with van der Waals surface area (Å²) < 4.78 is 0. The molecule has 0 saturated heterocycles. The van der Waals surface area contributed by atoms with Crippen LogP contribution in [0.4, 0.5) is 16.2 Å². The summed E-state index contributed by atoms with van der Waals surface area (Å²) in [5.74, 6) is 0.703. The molecular weight excluding hydrogens is 280 g/mol. The first-order valence-corrected chi connectivity index (χ1v) is 7.71. The molecule has 1 fully saturated rings. The number of carbonyl (C=O) groups is 2. The number of rotatable bonds is 7. The van der Waals surface area contributed by atoms with Crippen LogP contribution >= 0.6 is 0 Å². The highest BCUT2D eigenvalue weighted by Gasteiger charge is 2.20. The molecule has 1 saturated carbocycles. The fourth-order valence-electron chi connectivity index (χ4n) is 1.98. The summed E-state index contributed by atoms with van der Waals surface area (Å²) in [7, 11) is 0. The van der Waals surface area contributed by atoms with Crippen LogP contribution in [-0.4, -0.2) is 31.1 Å². The second kappa shape index (κ2) is 7.79. The molecule has 0 spiro atoms. The Morgan fingerprint density at radius 3 is 2.23 bits per heavy atom. The van der Waals surface area contributed by atoms with Crippen molar-refractivity contribution in [3.05, 3.63) is 24.3 Å². The van der Waals surface area contributed by atoms with Gasteiger partial charge in [-0.2, -0.15) is 0 Å². The third-order valence-corrected chi connectivity index (χ3v) is 3.26. The predicted octanol–water partition coefficient (Wildman–Crippen LogP) is 2.15. The minimum Gasteiger partial charge on any atom is -0.336 e. The number of hydrogen-bond acceptors (Lipinski definition) is 3. The van der Waals surface area contributed by atoms with Crippen molar-refractivity contribution < 1.29 is 9.59 Å². The van der Waals surface area contributed by atoms with Crippen molar-refractivity contribution in [1.82, 2.24) is 10.6 Å². The molecule has 6 nitrogen and oxygen atoms in total. The number of anilines is 2. The van der Waals surface area contributed by atoms with Crippen molar-refractivity contribution in [2.24, 2.45) is 5.92 Å². The van der Waals surface area contributed by atoms with Crippen LogP contribution in [0.15, 0.2) is 24.3 Å². The fraction of sp³-hybridized carbons (Fsp3) is 0.500. The Bertz CT molecular complexity index is 509. The van der Waals surface area contributed by atoms with Crippen molar-refractivity contribution >= 4 is 23.3 Å². The lowest BCUT2D eigenvalue weighted by atomic mass is 10.2. The summed E-state index contributed by atoms with van der Waals surface area (Å²) in [4.78, 5) is 23.3. The standard InChI is InChI=1S/C16H24N4O2/c1-11(2)18-16(22)20-14-7-5-13(6-8-14)19-15(21)10-17-9-12-3-4-12/h5-8,11-12,17H,3-4,9-10H2,1-2H3,(H,19,21)(H2,18,20,22). The topological polar surface area (TPSA) is 82.3 Å². The number of amides is 3. The molecule has 0 radical (unpaired) electrons. The van der Waals surface area contributed by atoms with Crippen LogP contribution in [0, 0.1) is 5.92 Å².